The van der Waals surface area contributed by atoms with E-state index in [0.29, 0.717) is 19.7 Å². The molecule has 1 aromatic rings. The average Bonchev–Trinajstić information content (AvgIpc) is 2.88. The molecule has 104 valence electrons. The van der Waals surface area contributed by atoms with Gasteiger partial charge in [-0.2, -0.15) is 0 Å². The molecule has 0 spiro atoms. The summed E-state index contributed by atoms with van der Waals surface area (Å²) in [5, 5.41) is 0. The van der Waals surface area contributed by atoms with Crippen LogP contribution in [0.15, 0.2) is 30.3 Å². The van der Waals surface area contributed by atoms with Crippen molar-refractivity contribution in [3.05, 3.63) is 30.3 Å². The lowest BCUT2D eigenvalue weighted by Gasteiger charge is -2.31. The predicted octanol–water partition coefficient (Wildman–Crippen LogP) is 1.94. The largest absolute Gasteiger partial charge is 0.365 e. The summed E-state index contributed by atoms with van der Waals surface area (Å²) in [5.41, 5.74) is 5.81. The summed E-state index contributed by atoms with van der Waals surface area (Å²) in [6.45, 7) is 3.77. The molecule has 1 saturated heterocycles. The van der Waals surface area contributed by atoms with Crippen LogP contribution in [0, 0.1) is 0 Å². The Morgan fingerprint density at radius 3 is 2.74 bits per heavy atom. The number of carbonyl (C=O) groups is 1. The summed E-state index contributed by atoms with van der Waals surface area (Å²) < 4.78 is 5.66. The molecular weight excluding hydrogens is 240 g/mol. The zero-order chi connectivity index (χ0) is 13.7. The van der Waals surface area contributed by atoms with E-state index in [-0.39, 0.29) is 5.91 Å². The van der Waals surface area contributed by atoms with Crippen LogP contribution in [0.5, 0.6) is 0 Å². The van der Waals surface area contributed by atoms with Gasteiger partial charge in [-0.3, -0.25) is 4.79 Å². The van der Waals surface area contributed by atoms with Gasteiger partial charge in [-0.25, -0.2) is 0 Å². The quantitative estimate of drug-likeness (QED) is 0.882. The Balaban J connectivity index is 2.20. The number of hydrogen-bond donors (Lipinski definition) is 1. The van der Waals surface area contributed by atoms with Gasteiger partial charge in [-0.05, 0) is 44.9 Å². The highest BCUT2D eigenvalue weighted by Crippen LogP contribution is 2.29. The molecule has 1 heterocycles. The van der Waals surface area contributed by atoms with Crippen LogP contribution in [-0.2, 0) is 9.53 Å². The number of benzene rings is 1. The summed E-state index contributed by atoms with van der Waals surface area (Å²) in [4.78, 5) is 14.5. The molecule has 4 heteroatoms. The minimum atomic E-state index is -0.676. The smallest absolute Gasteiger partial charge is 0.258 e. The van der Waals surface area contributed by atoms with Crippen molar-refractivity contribution >= 4 is 11.6 Å². The minimum absolute atomic E-state index is 0.0460. The molecule has 1 fully saturated rings. The molecule has 1 aromatic carbocycles. The molecule has 0 radical (unpaired) electrons. The number of amides is 1. The lowest BCUT2D eigenvalue weighted by atomic mass is 10.0. The van der Waals surface area contributed by atoms with E-state index >= 15 is 0 Å². The Morgan fingerprint density at radius 2 is 2.16 bits per heavy atom. The van der Waals surface area contributed by atoms with Gasteiger partial charge in [0.1, 0.15) is 5.60 Å². The van der Waals surface area contributed by atoms with Gasteiger partial charge in [0, 0.05) is 18.8 Å². The third kappa shape index (κ3) is 3.14. The molecule has 1 aliphatic rings. The fourth-order valence-electron chi connectivity index (χ4n) is 2.44. The van der Waals surface area contributed by atoms with Gasteiger partial charge in [-0.1, -0.05) is 18.2 Å². The summed E-state index contributed by atoms with van der Waals surface area (Å²) in [6.07, 6.45) is 2.52. The van der Waals surface area contributed by atoms with Crippen LogP contribution in [0.1, 0.15) is 26.2 Å². The molecule has 1 aliphatic heterocycles. The number of ether oxygens (including phenoxy) is 1. The van der Waals surface area contributed by atoms with E-state index in [9.17, 15) is 4.79 Å². The van der Waals surface area contributed by atoms with Gasteiger partial charge in [0.2, 0.25) is 0 Å². The number of carbonyl (C=O) groups excluding carboxylic acids is 1. The van der Waals surface area contributed by atoms with Crippen LogP contribution >= 0.6 is 0 Å². The van der Waals surface area contributed by atoms with E-state index in [2.05, 4.69) is 0 Å². The van der Waals surface area contributed by atoms with Gasteiger partial charge in [0.05, 0.1) is 0 Å². The fourth-order valence-corrected chi connectivity index (χ4v) is 2.44. The monoisotopic (exact) mass is 262 g/mol. The molecule has 1 unspecified atom stereocenters. The Hall–Kier alpha value is -1.39. The molecule has 1 atom stereocenters. The average molecular weight is 262 g/mol. The highest BCUT2D eigenvalue weighted by molar-refractivity contribution is 5.99. The Kier molecular flexibility index (Phi) is 4.56. The second kappa shape index (κ2) is 6.17. The van der Waals surface area contributed by atoms with E-state index in [0.717, 1.165) is 24.9 Å². The van der Waals surface area contributed by atoms with Crippen LogP contribution in [0.3, 0.4) is 0 Å². The highest BCUT2D eigenvalue weighted by atomic mass is 16.5. The molecule has 2 N–H and O–H groups in total. The summed E-state index contributed by atoms with van der Waals surface area (Å²) in [5.74, 6) is 0.0460. The van der Waals surface area contributed by atoms with E-state index in [1.165, 1.54) is 0 Å². The molecule has 2 rings (SSSR count). The lowest BCUT2D eigenvalue weighted by molar-refractivity contribution is -0.136. The number of hydrogen-bond acceptors (Lipinski definition) is 3. The standard InChI is InChI=1S/C15H22N2O2/c1-15(9-5-12-19-15)14(18)17(11-6-10-16)13-7-3-2-4-8-13/h2-4,7-8H,5-6,9-12,16H2,1H3. The maximum absolute atomic E-state index is 12.7. The molecule has 1 amide bonds. The molecule has 4 nitrogen and oxygen atoms in total. The molecule has 0 saturated carbocycles. The summed E-state index contributed by atoms with van der Waals surface area (Å²) >= 11 is 0. The highest BCUT2D eigenvalue weighted by Gasteiger charge is 2.40. The van der Waals surface area contributed by atoms with Gasteiger partial charge in [-0.15, -0.1) is 0 Å². The van der Waals surface area contributed by atoms with Gasteiger partial charge >= 0.3 is 0 Å². The van der Waals surface area contributed by atoms with E-state index in [1.54, 1.807) is 4.90 Å². The van der Waals surface area contributed by atoms with Gasteiger partial charge < -0.3 is 15.4 Å². The zero-order valence-corrected chi connectivity index (χ0v) is 11.5. The maximum atomic E-state index is 12.7. The second-order valence-electron chi connectivity index (χ2n) is 5.12. The van der Waals surface area contributed by atoms with E-state index in [1.807, 2.05) is 37.3 Å². The number of nitrogens with two attached hydrogens (primary N) is 1. The Morgan fingerprint density at radius 1 is 1.42 bits per heavy atom. The summed E-state index contributed by atoms with van der Waals surface area (Å²) in [6, 6.07) is 9.73. The maximum Gasteiger partial charge on any atom is 0.258 e. The van der Waals surface area contributed by atoms with Crippen LogP contribution in [0.25, 0.3) is 0 Å². The minimum Gasteiger partial charge on any atom is -0.365 e. The SMILES string of the molecule is CC1(C(=O)N(CCCN)c2ccccc2)CCCO1. The van der Waals surface area contributed by atoms with Crippen LogP contribution < -0.4 is 10.6 Å². The topological polar surface area (TPSA) is 55.6 Å². The number of rotatable bonds is 5. The lowest BCUT2D eigenvalue weighted by Crippen LogP contribution is -2.47. The van der Waals surface area contributed by atoms with Crippen molar-refractivity contribution in [3.8, 4) is 0 Å². The van der Waals surface area contributed by atoms with Crippen molar-refractivity contribution < 1.29 is 9.53 Å². The van der Waals surface area contributed by atoms with Crippen LogP contribution in [0.2, 0.25) is 0 Å². The van der Waals surface area contributed by atoms with Crippen molar-refractivity contribution in [2.75, 3.05) is 24.6 Å². The molecule has 0 aliphatic carbocycles. The van der Waals surface area contributed by atoms with Crippen LogP contribution in [-0.4, -0.2) is 31.2 Å². The number of nitrogens with zero attached hydrogens (tertiary/aromatic N) is 1. The van der Waals surface area contributed by atoms with Crippen molar-refractivity contribution in [2.45, 2.75) is 31.8 Å². The first-order chi connectivity index (χ1) is 9.17. The van der Waals surface area contributed by atoms with Gasteiger partial charge in [0.25, 0.3) is 5.91 Å². The van der Waals surface area contributed by atoms with Crippen molar-refractivity contribution in [1.29, 1.82) is 0 Å². The second-order valence-corrected chi connectivity index (χ2v) is 5.12. The molecular formula is C15H22N2O2. The van der Waals surface area contributed by atoms with Crippen molar-refractivity contribution in [1.82, 2.24) is 0 Å². The van der Waals surface area contributed by atoms with Crippen molar-refractivity contribution in [3.63, 3.8) is 0 Å². The first-order valence-corrected chi connectivity index (χ1v) is 6.88. The third-order valence-electron chi connectivity index (χ3n) is 3.57. The Labute approximate surface area is 114 Å². The fraction of sp³-hybridized carbons (Fsp3) is 0.533. The molecule has 19 heavy (non-hydrogen) atoms. The van der Waals surface area contributed by atoms with E-state index in [4.69, 9.17) is 10.5 Å². The van der Waals surface area contributed by atoms with Gasteiger partial charge in [0.15, 0.2) is 0 Å². The first kappa shape index (κ1) is 14.0. The van der Waals surface area contributed by atoms with Crippen molar-refractivity contribution in [2.24, 2.45) is 5.73 Å². The first-order valence-electron chi connectivity index (χ1n) is 6.88. The summed E-state index contributed by atoms with van der Waals surface area (Å²) in [7, 11) is 0. The third-order valence-corrected chi connectivity index (χ3v) is 3.57. The normalized spacial score (nSPS) is 22.4. The number of anilines is 1. The zero-order valence-electron chi connectivity index (χ0n) is 11.5. The predicted molar refractivity (Wildman–Crippen MR) is 76.1 cm³/mol. The molecule has 0 aromatic heterocycles. The molecule has 0 bridgehead atoms. The number of para-hydroxylation sites is 1. The van der Waals surface area contributed by atoms with Crippen LogP contribution in [0.4, 0.5) is 5.69 Å². The Bertz CT molecular complexity index is 413. The van der Waals surface area contributed by atoms with E-state index < -0.39 is 5.60 Å².